The Kier molecular flexibility index (Phi) is 7.12. The third-order valence-electron chi connectivity index (χ3n) is 5.71. The molecule has 2 atom stereocenters. The molecule has 1 saturated carbocycles. The molecule has 24 heavy (non-hydrogen) atoms. The summed E-state index contributed by atoms with van der Waals surface area (Å²) in [6.45, 7) is 4.36. The summed E-state index contributed by atoms with van der Waals surface area (Å²) in [5, 5.41) is 6.77. The van der Waals surface area contributed by atoms with Crippen LogP contribution in [0, 0.1) is 11.3 Å². The number of aryl methyl sites for hydroxylation is 1. The molecule has 1 spiro atoms. The first-order chi connectivity index (χ1) is 11.2. The van der Waals surface area contributed by atoms with Crippen molar-refractivity contribution in [1.29, 1.82) is 0 Å². The number of hydrogen-bond donors (Lipinski definition) is 2. The predicted octanol–water partition coefficient (Wildman–Crippen LogP) is 3.72. The van der Waals surface area contributed by atoms with Gasteiger partial charge in [0, 0.05) is 12.0 Å². The maximum absolute atomic E-state index is 12.6. The van der Waals surface area contributed by atoms with Crippen LogP contribution in [0.25, 0.3) is 0 Å². The standard InChI is InChI=1S/C20H30N2O.ClH/c1-2-6-17(10-9-16-7-4-3-5-8-16)22-19(23)18-15-20(18)11-13-21-14-12-20;/h3-5,7-8,17-18,21H,2,6,9-15H2,1H3,(H,22,23);1H. The van der Waals surface area contributed by atoms with Crippen LogP contribution in [0.3, 0.4) is 0 Å². The second-order valence-corrected chi connectivity index (χ2v) is 7.39. The third-order valence-corrected chi connectivity index (χ3v) is 5.71. The molecule has 1 aromatic carbocycles. The van der Waals surface area contributed by atoms with Crippen molar-refractivity contribution in [1.82, 2.24) is 10.6 Å². The highest BCUT2D eigenvalue weighted by molar-refractivity contribution is 5.85. The summed E-state index contributed by atoms with van der Waals surface area (Å²) in [7, 11) is 0. The highest BCUT2D eigenvalue weighted by Gasteiger charge is 2.57. The summed E-state index contributed by atoms with van der Waals surface area (Å²) in [4.78, 5) is 12.6. The van der Waals surface area contributed by atoms with Gasteiger partial charge in [-0.15, -0.1) is 12.4 Å². The van der Waals surface area contributed by atoms with E-state index in [1.54, 1.807) is 0 Å². The molecule has 1 heterocycles. The molecule has 3 nitrogen and oxygen atoms in total. The molecule has 1 saturated heterocycles. The van der Waals surface area contributed by atoms with Crippen molar-refractivity contribution in [3.05, 3.63) is 35.9 Å². The smallest absolute Gasteiger partial charge is 0.223 e. The van der Waals surface area contributed by atoms with Crippen LogP contribution in [0.1, 0.15) is 51.0 Å². The Morgan fingerprint density at radius 3 is 2.62 bits per heavy atom. The van der Waals surface area contributed by atoms with Gasteiger partial charge in [0.05, 0.1) is 0 Å². The van der Waals surface area contributed by atoms with Gasteiger partial charge in [-0.2, -0.15) is 0 Å². The van der Waals surface area contributed by atoms with Crippen LogP contribution in [0.4, 0.5) is 0 Å². The lowest BCUT2D eigenvalue weighted by Crippen LogP contribution is -2.39. The van der Waals surface area contributed by atoms with Gasteiger partial charge in [0.2, 0.25) is 5.91 Å². The van der Waals surface area contributed by atoms with E-state index in [2.05, 4.69) is 47.9 Å². The molecule has 2 aliphatic rings. The lowest BCUT2D eigenvalue weighted by atomic mass is 9.91. The van der Waals surface area contributed by atoms with Crippen LogP contribution in [0.2, 0.25) is 0 Å². The van der Waals surface area contributed by atoms with Crippen molar-refractivity contribution < 1.29 is 4.79 Å². The Morgan fingerprint density at radius 2 is 1.96 bits per heavy atom. The molecule has 0 aromatic heterocycles. The molecule has 1 aliphatic heterocycles. The Morgan fingerprint density at radius 1 is 1.25 bits per heavy atom. The van der Waals surface area contributed by atoms with Crippen molar-refractivity contribution in [2.45, 2.75) is 57.9 Å². The maximum Gasteiger partial charge on any atom is 0.223 e. The summed E-state index contributed by atoms with van der Waals surface area (Å²) in [5.41, 5.74) is 1.70. The first kappa shape index (κ1) is 19.3. The Bertz CT molecular complexity index is 514. The first-order valence-corrected chi connectivity index (χ1v) is 9.28. The van der Waals surface area contributed by atoms with Crippen molar-refractivity contribution in [2.75, 3.05) is 13.1 Å². The molecule has 4 heteroatoms. The number of carbonyl (C=O) groups is 1. The number of piperidine rings is 1. The zero-order chi connectivity index (χ0) is 16.1. The Hall–Kier alpha value is -1.06. The molecule has 1 aromatic rings. The predicted molar refractivity (Wildman–Crippen MR) is 101 cm³/mol. The summed E-state index contributed by atoms with van der Waals surface area (Å²) < 4.78 is 0. The normalized spacial score (nSPS) is 22.5. The van der Waals surface area contributed by atoms with Crippen LogP contribution in [0.5, 0.6) is 0 Å². The topological polar surface area (TPSA) is 41.1 Å². The van der Waals surface area contributed by atoms with Crippen LogP contribution >= 0.6 is 12.4 Å². The number of hydrogen-bond acceptors (Lipinski definition) is 2. The maximum atomic E-state index is 12.6. The van der Waals surface area contributed by atoms with Gasteiger partial charge < -0.3 is 10.6 Å². The van der Waals surface area contributed by atoms with Crippen molar-refractivity contribution in [3.8, 4) is 0 Å². The van der Waals surface area contributed by atoms with Crippen molar-refractivity contribution >= 4 is 18.3 Å². The molecule has 2 fully saturated rings. The summed E-state index contributed by atoms with van der Waals surface area (Å²) in [6.07, 6.45) is 7.76. The van der Waals surface area contributed by atoms with Gasteiger partial charge in [0.1, 0.15) is 0 Å². The van der Waals surface area contributed by atoms with Crippen LogP contribution < -0.4 is 10.6 Å². The van der Waals surface area contributed by atoms with Gasteiger partial charge in [-0.05, 0) is 62.6 Å². The molecule has 3 rings (SSSR count). The number of rotatable bonds is 7. The van der Waals surface area contributed by atoms with E-state index in [0.717, 1.165) is 45.2 Å². The highest BCUT2D eigenvalue weighted by Crippen LogP contribution is 2.58. The van der Waals surface area contributed by atoms with E-state index in [1.807, 2.05) is 0 Å². The van der Waals surface area contributed by atoms with E-state index in [1.165, 1.54) is 18.4 Å². The number of nitrogens with one attached hydrogen (secondary N) is 2. The zero-order valence-electron chi connectivity index (χ0n) is 14.7. The van der Waals surface area contributed by atoms with Gasteiger partial charge in [0.25, 0.3) is 0 Å². The van der Waals surface area contributed by atoms with Gasteiger partial charge in [0.15, 0.2) is 0 Å². The van der Waals surface area contributed by atoms with E-state index in [9.17, 15) is 4.79 Å². The molecule has 1 aliphatic carbocycles. The van der Waals surface area contributed by atoms with Crippen LogP contribution in [0.15, 0.2) is 30.3 Å². The van der Waals surface area contributed by atoms with Crippen molar-refractivity contribution in [2.24, 2.45) is 11.3 Å². The van der Waals surface area contributed by atoms with E-state index < -0.39 is 0 Å². The quantitative estimate of drug-likeness (QED) is 0.787. The highest BCUT2D eigenvalue weighted by atomic mass is 35.5. The average molecular weight is 351 g/mol. The van der Waals surface area contributed by atoms with Crippen molar-refractivity contribution in [3.63, 3.8) is 0 Å². The van der Waals surface area contributed by atoms with Gasteiger partial charge >= 0.3 is 0 Å². The number of benzene rings is 1. The van der Waals surface area contributed by atoms with Gasteiger partial charge in [-0.25, -0.2) is 0 Å². The molecule has 2 unspecified atom stereocenters. The third kappa shape index (κ3) is 4.73. The fraction of sp³-hybridized carbons (Fsp3) is 0.650. The molecule has 1 amide bonds. The van der Waals surface area contributed by atoms with Crippen LogP contribution in [-0.4, -0.2) is 25.0 Å². The van der Waals surface area contributed by atoms with E-state index in [-0.39, 0.29) is 18.3 Å². The van der Waals surface area contributed by atoms with Crippen LogP contribution in [-0.2, 0) is 11.2 Å². The Labute approximate surface area is 152 Å². The lowest BCUT2D eigenvalue weighted by molar-refractivity contribution is -0.124. The molecular weight excluding hydrogens is 320 g/mol. The van der Waals surface area contributed by atoms with E-state index >= 15 is 0 Å². The fourth-order valence-electron chi connectivity index (χ4n) is 4.12. The number of halogens is 1. The van der Waals surface area contributed by atoms with Gasteiger partial charge in [-0.3, -0.25) is 4.79 Å². The first-order valence-electron chi connectivity index (χ1n) is 9.28. The summed E-state index contributed by atoms with van der Waals surface area (Å²) in [5.74, 6) is 0.596. The number of carbonyl (C=O) groups excluding carboxylic acids is 1. The molecule has 134 valence electrons. The Balaban J connectivity index is 0.00000208. The fourth-order valence-corrected chi connectivity index (χ4v) is 4.12. The van der Waals surface area contributed by atoms with E-state index in [0.29, 0.717) is 17.4 Å². The van der Waals surface area contributed by atoms with E-state index in [4.69, 9.17) is 0 Å². The second-order valence-electron chi connectivity index (χ2n) is 7.39. The molecule has 0 radical (unpaired) electrons. The largest absolute Gasteiger partial charge is 0.353 e. The SMILES string of the molecule is CCCC(CCc1ccccc1)NC(=O)C1CC12CCNCC2.Cl. The zero-order valence-corrected chi connectivity index (χ0v) is 15.5. The van der Waals surface area contributed by atoms with Gasteiger partial charge in [-0.1, -0.05) is 43.7 Å². The molecular formula is C20H31ClN2O. The monoisotopic (exact) mass is 350 g/mol. The number of amides is 1. The minimum Gasteiger partial charge on any atom is -0.353 e. The summed E-state index contributed by atoms with van der Waals surface area (Å²) in [6, 6.07) is 10.9. The lowest BCUT2D eigenvalue weighted by Gasteiger charge is -2.24. The molecule has 2 N–H and O–H groups in total. The average Bonchev–Trinajstić information content (AvgIpc) is 3.27. The minimum atomic E-state index is 0. The molecule has 0 bridgehead atoms. The summed E-state index contributed by atoms with van der Waals surface area (Å²) >= 11 is 0. The minimum absolute atomic E-state index is 0. The second kappa shape index (κ2) is 8.87.